The van der Waals surface area contributed by atoms with Crippen molar-refractivity contribution in [1.29, 1.82) is 0 Å². The van der Waals surface area contributed by atoms with Gasteiger partial charge in [-0.1, -0.05) is 19.1 Å². The van der Waals surface area contributed by atoms with E-state index in [1.165, 1.54) is 19.0 Å². The third-order valence-corrected chi connectivity index (χ3v) is 3.58. The van der Waals surface area contributed by atoms with Crippen LogP contribution < -0.4 is 4.57 Å². The quantitative estimate of drug-likeness (QED) is 0.490. The van der Waals surface area contributed by atoms with Crippen molar-refractivity contribution in [2.24, 2.45) is 7.05 Å². The van der Waals surface area contributed by atoms with Crippen LogP contribution in [0.5, 0.6) is 0 Å². The smallest absolute Gasteiger partial charge is 0.240 e. The van der Waals surface area contributed by atoms with Gasteiger partial charge in [-0.3, -0.25) is 0 Å². The molecular weight excluding hydrogens is 164 g/mol. The highest BCUT2D eigenvalue weighted by Crippen LogP contribution is 1.99. The Labute approximate surface area is 76.4 Å². The van der Waals surface area contributed by atoms with E-state index in [-0.39, 0.29) is 8.80 Å². The first kappa shape index (κ1) is 9.51. The summed E-state index contributed by atoms with van der Waals surface area (Å²) in [6, 6.07) is 1.46. The van der Waals surface area contributed by atoms with Crippen molar-refractivity contribution in [2.45, 2.75) is 32.1 Å². The molecule has 0 amide bonds. The molecular formula is C9H19N2Si+. The third-order valence-electron chi connectivity index (χ3n) is 2.02. The Hall–Kier alpha value is -0.573. The molecule has 12 heavy (non-hydrogen) atoms. The molecule has 0 atom stereocenters. The fourth-order valence-electron chi connectivity index (χ4n) is 1.32. The van der Waals surface area contributed by atoms with Crippen LogP contribution in [0.3, 0.4) is 0 Å². The first-order valence-corrected chi connectivity index (χ1v) is 7.82. The van der Waals surface area contributed by atoms with E-state index in [4.69, 9.17) is 0 Å². The highest BCUT2D eigenvalue weighted by Gasteiger charge is 2.00. The molecule has 1 aromatic rings. The molecule has 0 spiro atoms. The summed E-state index contributed by atoms with van der Waals surface area (Å²) in [6.07, 6.45) is 7.72. The monoisotopic (exact) mass is 183 g/mol. The minimum Gasteiger partial charge on any atom is -0.240 e. The lowest BCUT2D eigenvalue weighted by atomic mass is 10.5. The molecule has 0 aliphatic carbocycles. The summed E-state index contributed by atoms with van der Waals surface area (Å²) in [5, 5.41) is 0. The summed E-state index contributed by atoms with van der Waals surface area (Å²) in [5.74, 6) is 0. The van der Waals surface area contributed by atoms with Crippen LogP contribution in [0.15, 0.2) is 18.7 Å². The van der Waals surface area contributed by atoms with Crippen LogP contribution in [0.2, 0.25) is 19.1 Å². The van der Waals surface area contributed by atoms with Gasteiger partial charge in [0.2, 0.25) is 6.33 Å². The minimum absolute atomic E-state index is 0.325. The molecule has 2 nitrogen and oxygen atoms in total. The zero-order valence-corrected chi connectivity index (χ0v) is 9.48. The van der Waals surface area contributed by atoms with E-state index in [0.29, 0.717) is 0 Å². The molecule has 1 heterocycles. The van der Waals surface area contributed by atoms with Gasteiger partial charge in [-0.2, -0.15) is 0 Å². The molecule has 0 saturated heterocycles. The van der Waals surface area contributed by atoms with E-state index in [0.717, 1.165) is 0 Å². The summed E-state index contributed by atoms with van der Waals surface area (Å²) < 4.78 is 4.35. The van der Waals surface area contributed by atoms with Crippen molar-refractivity contribution in [3.05, 3.63) is 18.7 Å². The van der Waals surface area contributed by atoms with Gasteiger partial charge < -0.3 is 0 Å². The van der Waals surface area contributed by atoms with E-state index in [1.807, 2.05) is 0 Å². The Kier molecular flexibility index (Phi) is 3.53. The van der Waals surface area contributed by atoms with Gasteiger partial charge in [-0.05, 0) is 6.42 Å². The SMILES string of the molecule is C[n+]1ccn(CCC[SiH](C)C)c1. The molecule has 0 fully saturated rings. The van der Waals surface area contributed by atoms with Crippen molar-refractivity contribution >= 4 is 8.80 Å². The summed E-state index contributed by atoms with van der Waals surface area (Å²) in [5.41, 5.74) is 0. The van der Waals surface area contributed by atoms with Crippen molar-refractivity contribution in [3.8, 4) is 0 Å². The first-order valence-electron chi connectivity index (χ1n) is 4.69. The fourth-order valence-corrected chi connectivity index (χ4v) is 2.32. The third kappa shape index (κ3) is 3.22. The predicted octanol–water partition coefficient (Wildman–Crippen LogP) is 1.19. The second-order valence-corrected chi connectivity index (χ2v) is 7.22. The minimum atomic E-state index is -0.325. The molecule has 0 aromatic carbocycles. The second-order valence-electron chi connectivity index (χ2n) is 3.85. The molecule has 0 radical (unpaired) electrons. The fraction of sp³-hybridized carbons (Fsp3) is 0.667. The zero-order valence-electron chi connectivity index (χ0n) is 8.33. The number of hydrogen-bond acceptors (Lipinski definition) is 0. The van der Waals surface area contributed by atoms with Crippen molar-refractivity contribution in [2.75, 3.05) is 0 Å². The Balaban J connectivity index is 2.24. The van der Waals surface area contributed by atoms with Crippen molar-refractivity contribution in [3.63, 3.8) is 0 Å². The van der Waals surface area contributed by atoms with Crippen LogP contribution in [0, 0.1) is 0 Å². The molecule has 0 saturated carbocycles. The summed E-state index contributed by atoms with van der Waals surface area (Å²) in [7, 11) is 1.74. The maximum absolute atomic E-state index is 2.41. The van der Waals surface area contributed by atoms with Gasteiger partial charge in [0.1, 0.15) is 12.4 Å². The molecule has 68 valence electrons. The second kappa shape index (κ2) is 4.45. The molecule has 0 bridgehead atoms. The van der Waals surface area contributed by atoms with Gasteiger partial charge in [-0.15, -0.1) is 0 Å². The Bertz CT molecular complexity index is 230. The van der Waals surface area contributed by atoms with Gasteiger partial charge in [0, 0.05) is 8.80 Å². The largest absolute Gasteiger partial charge is 0.243 e. The van der Waals surface area contributed by atoms with Gasteiger partial charge in [0.05, 0.1) is 13.6 Å². The molecule has 1 aromatic heterocycles. The van der Waals surface area contributed by atoms with Gasteiger partial charge in [-0.25, -0.2) is 9.13 Å². The predicted molar refractivity (Wildman–Crippen MR) is 53.9 cm³/mol. The summed E-state index contributed by atoms with van der Waals surface area (Å²) in [4.78, 5) is 0. The molecule has 0 N–H and O–H groups in total. The van der Waals surface area contributed by atoms with Crippen LogP contribution in [-0.2, 0) is 13.6 Å². The maximum atomic E-state index is 2.41. The zero-order chi connectivity index (χ0) is 8.97. The number of hydrogen-bond donors (Lipinski definition) is 0. The van der Waals surface area contributed by atoms with Crippen molar-refractivity contribution in [1.82, 2.24) is 4.57 Å². The van der Waals surface area contributed by atoms with Crippen molar-refractivity contribution < 1.29 is 4.57 Å². The highest BCUT2D eigenvalue weighted by molar-refractivity contribution is 6.55. The Morgan fingerprint density at radius 1 is 1.42 bits per heavy atom. The van der Waals surface area contributed by atoms with Gasteiger partial charge >= 0.3 is 0 Å². The Morgan fingerprint density at radius 3 is 2.67 bits per heavy atom. The normalized spacial score (nSPS) is 11.0. The first-order chi connectivity index (χ1) is 5.68. The molecule has 1 rings (SSSR count). The summed E-state index contributed by atoms with van der Waals surface area (Å²) >= 11 is 0. The molecule has 0 unspecified atom stereocenters. The maximum Gasteiger partial charge on any atom is 0.243 e. The average molecular weight is 183 g/mol. The average Bonchev–Trinajstić information content (AvgIpc) is 2.35. The number of aryl methyl sites for hydroxylation is 2. The van der Waals surface area contributed by atoms with Gasteiger partial charge in [0.25, 0.3) is 0 Å². The summed E-state index contributed by atoms with van der Waals surface area (Å²) in [6.45, 7) is 6.01. The van der Waals surface area contributed by atoms with Crippen LogP contribution in [0.1, 0.15) is 6.42 Å². The standard InChI is InChI=1S/C9H19N2Si/c1-10-6-7-11(9-10)5-4-8-12(2)3/h6-7,9,12H,4-5,8H2,1-3H3/q+1. The topological polar surface area (TPSA) is 8.81 Å². The van der Waals surface area contributed by atoms with E-state index < -0.39 is 0 Å². The number of rotatable bonds is 4. The molecule has 0 aliphatic heterocycles. The van der Waals surface area contributed by atoms with Gasteiger partial charge in [0.15, 0.2) is 0 Å². The lowest BCUT2D eigenvalue weighted by Crippen LogP contribution is -2.23. The number of imidazole rings is 1. The lowest BCUT2D eigenvalue weighted by molar-refractivity contribution is -0.671. The van der Waals surface area contributed by atoms with Crippen LogP contribution in [0.4, 0.5) is 0 Å². The lowest BCUT2D eigenvalue weighted by Gasteiger charge is -1.99. The van der Waals surface area contributed by atoms with E-state index in [2.05, 4.69) is 48.0 Å². The molecule has 0 aliphatic rings. The number of nitrogens with zero attached hydrogens (tertiary/aromatic N) is 2. The van der Waals surface area contributed by atoms with Crippen LogP contribution >= 0.6 is 0 Å². The van der Waals surface area contributed by atoms with Crippen LogP contribution in [-0.4, -0.2) is 13.4 Å². The van der Waals surface area contributed by atoms with E-state index in [1.54, 1.807) is 0 Å². The van der Waals surface area contributed by atoms with Crippen LogP contribution in [0.25, 0.3) is 0 Å². The van der Waals surface area contributed by atoms with E-state index >= 15 is 0 Å². The number of aromatic nitrogens is 2. The molecule has 3 heteroatoms. The highest BCUT2D eigenvalue weighted by atomic mass is 28.3. The Morgan fingerprint density at radius 2 is 2.17 bits per heavy atom. The van der Waals surface area contributed by atoms with E-state index in [9.17, 15) is 0 Å².